The number of anilines is 1. The number of amides is 4. The highest BCUT2D eigenvalue weighted by Crippen LogP contribution is 2.65. The highest BCUT2D eigenvalue weighted by molar-refractivity contribution is 9.09. The van der Waals surface area contributed by atoms with Crippen molar-refractivity contribution in [3.8, 4) is 5.75 Å². The zero-order valence-electron chi connectivity index (χ0n) is 23.5. The van der Waals surface area contributed by atoms with E-state index in [1.165, 1.54) is 12.1 Å². The molecule has 3 aromatic carbocycles. The first-order valence-corrected chi connectivity index (χ1v) is 16.3. The van der Waals surface area contributed by atoms with E-state index in [0.717, 1.165) is 9.80 Å². The van der Waals surface area contributed by atoms with Gasteiger partial charge < -0.3 is 5.11 Å². The number of nitrogens with zero attached hydrogens (tertiary/aromatic N) is 2. The van der Waals surface area contributed by atoms with Crippen molar-refractivity contribution in [2.75, 3.05) is 10.4 Å². The number of allylic oxidation sites excluding steroid dienone is 2. The molecule has 4 amide bonds. The first kappa shape index (κ1) is 29.9. The fourth-order valence-corrected chi connectivity index (χ4v) is 9.03. The summed E-state index contributed by atoms with van der Waals surface area (Å²) in [6.07, 6.45) is 1.92. The maximum Gasteiger partial charge on any atom is 0.254 e. The van der Waals surface area contributed by atoms with E-state index in [-0.39, 0.29) is 29.8 Å². The number of halogens is 3. The van der Waals surface area contributed by atoms with Crippen LogP contribution in [0.2, 0.25) is 0 Å². The minimum atomic E-state index is -1.94. The van der Waals surface area contributed by atoms with Gasteiger partial charge in [-0.15, -0.1) is 23.2 Å². The second-order valence-electron chi connectivity index (χ2n) is 11.8. The SMILES string of the molecule is O=C(c1ccccc1)c1ccc(N2C(=O)C3CC=C4C(CC5(Cl)C(=O)N(CBr)C(=O)C5(Cl)C4c4cccc(O)c4)C3C2=O)cc1. The summed E-state index contributed by atoms with van der Waals surface area (Å²) in [5.41, 5.74) is 2.24. The van der Waals surface area contributed by atoms with Crippen LogP contribution in [0.4, 0.5) is 5.69 Å². The Morgan fingerprint density at radius 3 is 2.22 bits per heavy atom. The second kappa shape index (κ2) is 10.6. The van der Waals surface area contributed by atoms with E-state index in [1.54, 1.807) is 60.7 Å². The summed E-state index contributed by atoms with van der Waals surface area (Å²) >= 11 is 17.6. The summed E-state index contributed by atoms with van der Waals surface area (Å²) < 4.78 is 0. The van der Waals surface area contributed by atoms with E-state index in [1.807, 2.05) is 12.1 Å². The van der Waals surface area contributed by atoms with Gasteiger partial charge in [0.05, 0.1) is 23.0 Å². The maximum absolute atomic E-state index is 14.2. The number of phenols is 1. The van der Waals surface area contributed by atoms with E-state index in [4.69, 9.17) is 23.2 Å². The largest absolute Gasteiger partial charge is 0.508 e. The summed E-state index contributed by atoms with van der Waals surface area (Å²) in [4.78, 5) is 66.8. The van der Waals surface area contributed by atoms with Gasteiger partial charge in [-0.25, -0.2) is 0 Å². The Morgan fingerprint density at radius 1 is 0.867 bits per heavy atom. The molecule has 0 aromatic heterocycles. The normalized spacial score (nSPS) is 30.6. The van der Waals surface area contributed by atoms with Gasteiger partial charge in [-0.05, 0) is 60.7 Å². The number of hydrogen-bond acceptors (Lipinski definition) is 6. The fourth-order valence-electron chi connectivity index (χ4n) is 7.60. The van der Waals surface area contributed by atoms with Gasteiger partial charge in [0.25, 0.3) is 11.8 Å². The van der Waals surface area contributed by atoms with Crippen LogP contribution in [0.15, 0.2) is 90.5 Å². The van der Waals surface area contributed by atoms with Crippen LogP contribution in [0, 0.1) is 17.8 Å². The van der Waals surface area contributed by atoms with Crippen LogP contribution in [0.3, 0.4) is 0 Å². The van der Waals surface area contributed by atoms with Gasteiger partial charge in [-0.2, -0.15) is 0 Å². The molecule has 3 fully saturated rings. The molecule has 2 aliphatic heterocycles. The number of alkyl halides is 3. The van der Waals surface area contributed by atoms with E-state index in [2.05, 4.69) is 15.9 Å². The topological polar surface area (TPSA) is 112 Å². The molecule has 6 unspecified atom stereocenters. The maximum atomic E-state index is 14.2. The Labute approximate surface area is 276 Å². The van der Waals surface area contributed by atoms with Gasteiger partial charge >= 0.3 is 0 Å². The van der Waals surface area contributed by atoms with Crippen molar-refractivity contribution in [3.05, 3.63) is 107 Å². The van der Waals surface area contributed by atoms with Gasteiger partial charge in [0.15, 0.2) is 15.5 Å². The van der Waals surface area contributed by atoms with Crippen molar-refractivity contribution in [1.29, 1.82) is 0 Å². The molecule has 228 valence electrons. The average molecular weight is 708 g/mol. The Bertz CT molecular complexity index is 1830. The minimum absolute atomic E-state index is 0.0639. The molecular formula is C34H25BrCl2N2O6. The molecule has 2 aliphatic carbocycles. The van der Waals surface area contributed by atoms with Crippen LogP contribution < -0.4 is 4.90 Å². The van der Waals surface area contributed by atoms with Crippen LogP contribution >= 0.6 is 39.1 Å². The predicted molar refractivity (Wildman–Crippen MR) is 170 cm³/mol. The predicted octanol–water partition coefficient (Wildman–Crippen LogP) is 5.54. The number of carbonyl (C=O) groups excluding carboxylic acids is 5. The minimum Gasteiger partial charge on any atom is -0.508 e. The van der Waals surface area contributed by atoms with E-state index >= 15 is 0 Å². The summed E-state index contributed by atoms with van der Waals surface area (Å²) in [5, 5.41) is 10.4. The number of ketones is 1. The lowest BCUT2D eigenvalue weighted by molar-refractivity contribution is -0.138. The second-order valence-corrected chi connectivity index (χ2v) is 13.6. The fraction of sp³-hybridized carbons (Fsp3) is 0.265. The standard InChI is InChI=1S/C34H25BrCl2N2O6/c35-17-38-31(44)33(36)16-25-23(27(34(33,37)32(38)45)20-7-4-8-22(40)15-20)13-14-24-26(25)30(43)39(29(24)42)21-11-9-19(10-12-21)28(41)18-5-2-1-3-6-18/h1-13,15,24-27,40H,14,16-17H2. The van der Waals surface area contributed by atoms with Gasteiger partial charge in [0, 0.05) is 17.0 Å². The first-order valence-electron chi connectivity index (χ1n) is 14.4. The van der Waals surface area contributed by atoms with Crippen molar-refractivity contribution in [3.63, 3.8) is 0 Å². The highest BCUT2D eigenvalue weighted by atomic mass is 79.9. The number of carbonyl (C=O) groups is 5. The van der Waals surface area contributed by atoms with Gasteiger partial charge in [-0.1, -0.05) is 70.0 Å². The smallest absolute Gasteiger partial charge is 0.254 e. The number of hydrogen-bond donors (Lipinski definition) is 1. The molecule has 1 saturated carbocycles. The van der Waals surface area contributed by atoms with E-state index < -0.39 is 57.0 Å². The average Bonchev–Trinajstić information content (AvgIpc) is 3.38. The summed E-state index contributed by atoms with van der Waals surface area (Å²) in [6, 6.07) is 21.4. The third-order valence-corrected chi connectivity index (χ3v) is 11.6. The van der Waals surface area contributed by atoms with E-state index in [9.17, 15) is 29.1 Å². The lowest BCUT2D eigenvalue weighted by Crippen LogP contribution is -2.60. The summed E-state index contributed by atoms with van der Waals surface area (Å²) in [7, 11) is 0. The zero-order valence-corrected chi connectivity index (χ0v) is 26.6. The molecule has 2 heterocycles. The van der Waals surface area contributed by atoms with Crippen molar-refractivity contribution in [1.82, 2.24) is 4.90 Å². The van der Waals surface area contributed by atoms with Crippen molar-refractivity contribution >= 4 is 74.2 Å². The Balaban J connectivity index is 1.28. The number of likely N-dealkylation sites (tertiary alicyclic amines) is 1. The first-order chi connectivity index (χ1) is 21.5. The lowest BCUT2D eigenvalue weighted by Gasteiger charge is -2.50. The molecule has 0 radical (unpaired) electrons. The van der Waals surface area contributed by atoms with Gasteiger partial charge in [0.1, 0.15) is 5.75 Å². The van der Waals surface area contributed by atoms with Crippen molar-refractivity contribution < 1.29 is 29.1 Å². The molecule has 0 bridgehead atoms. The highest BCUT2D eigenvalue weighted by Gasteiger charge is 2.76. The molecule has 3 aromatic rings. The Kier molecular flexibility index (Phi) is 7.07. The molecule has 0 spiro atoms. The molecule has 7 rings (SSSR count). The number of rotatable bonds is 5. The van der Waals surface area contributed by atoms with Crippen molar-refractivity contribution in [2.24, 2.45) is 17.8 Å². The molecule has 6 atom stereocenters. The van der Waals surface area contributed by atoms with Crippen LogP contribution in [0.1, 0.15) is 40.2 Å². The molecule has 45 heavy (non-hydrogen) atoms. The van der Waals surface area contributed by atoms with Crippen LogP contribution in [0.5, 0.6) is 5.75 Å². The number of fused-ring (bicyclic) bond motifs is 4. The third-order valence-electron chi connectivity index (χ3n) is 9.64. The molecule has 4 aliphatic rings. The number of aromatic hydroxyl groups is 1. The Morgan fingerprint density at radius 2 is 1.56 bits per heavy atom. The quantitative estimate of drug-likeness (QED) is 0.123. The van der Waals surface area contributed by atoms with Gasteiger partial charge in [0.2, 0.25) is 11.8 Å². The lowest BCUT2D eigenvalue weighted by atomic mass is 9.56. The summed E-state index contributed by atoms with van der Waals surface area (Å²) in [6.45, 7) is 0. The van der Waals surface area contributed by atoms with Crippen LogP contribution in [-0.2, 0) is 19.2 Å². The number of imide groups is 2. The van der Waals surface area contributed by atoms with Crippen molar-refractivity contribution in [2.45, 2.75) is 28.5 Å². The molecule has 8 nitrogen and oxygen atoms in total. The zero-order chi connectivity index (χ0) is 31.8. The number of benzene rings is 3. The van der Waals surface area contributed by atoms with Crippen LogP contribution in [0.25, 0.3) is 0 Å². The molecule has 2 saturated heterocycles. The van der Waals surface area contributed by atoms with Gasteiger partial charge in [-0.3, -0.25) is 33.8 Å². The Hall–Kier alpha value is -3.79. The van der Waals surface area contributed by atoms with Crippen LogP contribution in [-0.4, -0.2) is 54.6 Å². The van der Waals surface area contributed by atoms with E-state index in [0.29, 0.717) is 28.0 Å². The molecule has 1 N–H and O–H groups in total. The monoisotopic (exact) mass is 706 g/mol. The summed E-state index contributed by atoms with van der Waals surface area (Å²) in [5.74, 6) is -5.66. The number of phenolic OH excluding ortho intramolecular Hbond substituents is 1. The third kappa shape index (κ3) is 4.13. The molecular weight excluding hydrogens is 683 g/mol. The molecule has 11 heteroatoms.